The molecular formula is C16H16S. The summed E-state index contributed by atoms with van der Waals surface area (Å²) in [6.07, 6.45) is 1.05. The van der Waals surface area contributed by atoms with Gasteiger partial charge in [0.2, 0.25) is 0 Å². The van der Waals surface area contributed by atoms with Crippen molar-refractivity contribution in [2.75, 3.05) is 0 Å². The fraction of sp³-hybridized carbons (Fsp3) is 0.250. The number of benzene rings is 2. The van der Waals surface area contributed by atoms with Gasteiger partial charge in [-0.05, 0) is 48.1 Å². The first-order valence-corrected chi connectivity index (χ1v) is 6.45. The zero-order valence-corrected chi connectivity index (χ0v) is 11.1. The Morgan fingerprint density at radius 2 is 1.65 bits per heavy atom. The van der Waals surface area contributed by atoms with Crippen LogP contribution in [0.2, 0.25) is 0 Å². The molecule has 2 aromatic carbocycles. The van der Waals surface area contributed by atoms with Gasteiger partial charge in [0.25, 0.3) is 0 Å². The summed E-state index contributed by atoms with van der Waals surface area (Å²) in [5.41, 5.74) is 7.03. The molecule has 1 heteroatoms. The van der Waals surface area contributed by atoms with Gasteiger partial charge < -0.3 is 0 Å². The van der Waals surface area contributed by atoms with Crippen molar-refractivity contribution in [3.63, 3.8) is 0 Å². The molecular weight excluding hydrogens is 224 g/mol. The second kappa shape index (κ2) is 3.64. The molecule has 17 heavy (non-hydrogen) atoms. The van der Waals surface area contributed by atoms with Crippen LogP contribution in [0.3, 0.4) is 0 Å². The van der Waals surface area contributed by atoms with Gasteiger partial charge in [-0.25, -0.2) is 0 Å². The Morgan fingerprint density at radius 1 is 0.941 bits per heavy atom. The maximum absolute atomic E-state index is 4.72. The zero-order valence-electron chi connectivity index (χ0n) is 10.2. The Labute approximate surface area is 108 Å². The molecule has 3 rings (SSSR count). The average molecular weight is 240 g/mol. The summed E-state index contributed by atoms with van der Waals surface area (Å²) in [5.74, 6) is 0. The molecule has 0 radical (unpaired) electrons. The summed E-state index contributed by atoms with van der Waals surface area (Å²) in [6.45, 7) is 4.32. The van der Waals surface area contributed by atoms with E-state index in [1.807, 2.05) is 0 Å². The average Bonchev–Trinajstić information content (AvgIpc) is 2.65. The summed E-state index contributed by atoms with van der Waals surface area (Å²) >= 11 is 4.72. The number of rotatable bonds is 1. The predicted molar refractivity (Wildman–Crippen MR) is 76.7 cm³/mol. The summed E-state index contributed by atoms with van der Waals surface area (Å²) in [4.78, 5) is 0. The molecule has 0 nitrogen and oxygen atoms in total. The predicted octanol–water partition coefficient (Wildman–Crippen LogP) is 4.42. The highest BCUT2D eigenvalue weighted by atomic mass is 32.1. The van der Waals surface area contributed by atoms with E-state index >= 15 is 0 Å². The van der Waals surface area contributed by atoms with E-state index in [1.165, 1.54) is 27.8 Å². The first-order valence-electron chi connectivity index (χ1n) is 6.00. The van der Waals surface area contributed by atoms with E-state index in [0.717, 1.165) is 6.42 Å². The van der Waals surface area contributed by atoms with Crippen LogP contribution in [0.5, 0.6) is 0 Å². The Balaban J connectivity index is 2.24. The first kappa shape index (κ1) is 10.9. The summed E-state index contributed by atoms with van der Waals surface area (Å²) in [7, 11) is 0. The molecule has 0 fully saturated rings. The third kappa shape index (κ3) is 1.69. The van der Waals surface area contributed by atoms with Crippen LogP contribution in [0.25, 0.3) is 11.1 Å². The lowest BCUT2D eigenvalue weighted by atomic mass is 9.93. The van der Waals surface area contributed by atoms with Crippen LogP contribution >= 0.6 is 12.6 Å². The molecule has 0 saturated heterocycles. The molecule has 1 aliphatic rings. The van der Waals surface area contributed by atoms with Crippen molar-refractivity contribution < 1.29 is 0 Å². The molecule has 0 saturated carbocycles. The van der Waals surface area contributed by atoms with Gasteiger partial charge in [-0.15, -0.1) is 0 Å². The maximum Gasteiger partial charge on any atom is 0.0325 e. The van der Waals surface area contributed by atoms with E-state index in [1.54, 1.807) is 0 Å². The Morgan fingerprint density at radius 3 is 2.41 bits per heavy atom. The largest absolute Gasteiger partial charge is 0.168 e. The fourth-order valence-electron chi connectivity index (χ4n) is 2.73. The minimum Gasteiger partial charge on any atom is -0.168 e. The van der Waals surface area contributed by atoms with E-state index in [2.05, 4.69) is 56.3 Å². The van der Waals surface area contributed by atoms with Crippen LogP contribution in [-0.2, 0) is 11.2 Å². The van der Waals surface area contributed by atoms with E-state index in [0.29, 0.717) is 0 Å². The van der Waals surface area contributed by atoms with Gasteiger partial charge in [-0.1, -0.05) is 42.5 Å². The molecule has 86 valence electrons. The van der Waals surface area contributed by atoms with Crippen LogP contribution in [0.1, 0.15) is 30.5 Å². The lowest BCUT2D eigenvalue weighted by Crippen LogP contribution is -2.10. The van der Waals surface area contributed by atoms with Crippen LogP contribution in [0.15, 0.2) is 42.5 Å². The smallest absolute Gasteiger partial charge is 0.0325 e. The minimum atomic E-state index is -0.0760. The molecule has 0 N–H and O–H groups in total. The number of thiol groups is 1. The molecule has 0 heterocycles. The minimum absolute atomic E-state index is 0.0760. The molecule has 0 aliphatic heterocycles. The van der Waals surface area contributed by atoms with Crippen molar-refractivity contribution in [3.05, 3.63) is 59.2 Å². The first-order chi connectivity index (χ1) is 8.07. The third-order valence-corrected chi connectivity index (χ3v) is 3.75. The third-order valence-electron chi connectivity index (χ3n) is 3.51. The normalized spacial score (nSPS) is 13.4. The van der Waals surface area contributed by atoms with Gasteiger partial charge >= 0.3 is 0 Å². The van der Waals surface area contributed by atoms with Crippen molar-refractivity contribution in [3.8, 4) is 11.1 Å². The molecule has 0 amide bonds. The summed E-state index contributed by atoms with van der Waals surface area (Å²) in [6, 6.07) is 15.3. The van der Waals surface area contributed by atoms with Crippen molar-refractivity contribution in [2.45, 2.75) is 25.0 Å². The van der Waals surface area contributed by atoms with Gasteiger partial charge in [0.1, 0.15) is 0 Å². The molecule has 0 aromatic heterocycles. The van der Waals surface area contributed by atoms with Crippen LogP contribution in [-0.4, -0.2) is 0 Å². The molecule has 0 bridgehead atoms. The second-order valence-corrected chi connectivity index (χ2v) is 6.34. The number of fused-ring (bicyclic) bond motifs is 3. The van der Waals surface area contributed by atoms with E-state index in [4.69, 9.17) is 12.6 Å². The van der Waals surface area contributed by atoms with Gasteiger partial charge in [0, 0.05) is 4.75 Å². The highest BCUT2D eigenvalue weighted by Crippen LogP contribution is 2.42. The second-order valence-electron chi connectivity index (χ2n) is 5.22. The highest BCUT2D eigenvalue weighted by molar-refractivity contribution is 7.81. The van der Waals surface area contributed by atoms with E-state index in [9.17, 15) is 0 Å². The fourth-order valence-corrected chi connectivity index (χ4v) is 2.94. The van der Waals surface area contributed by atoms with Crippen LogP contribution in [0.4, 0.5) is 0 Å². The standard InChI is InChI=1S/C16H16S/c1-16(2,17)15-9-5-8-13-12-7-4-3-6-11(12)10-14(13)15/h3-9,17H,10H2,1-2H3. The maximum atomic E-state index is 4.72. The molecule has 0 unspecified atom stereocenters. The molecule has 2 aromatic rings. The zero-order chi connectivity index (χ0) is 12.0. The summed E-state index contributed by atoms with van der Waals surface area (Å²) < 4.78 is -0.0760. The monoisotopic (exact) mass is 240 g/mol. The van der Waals surface area contributed by atoms with Crippen molar-refractivity contribution in [1.82, 2.24) is 0 Å². The topological polar surface area (TPSA) is 0 Å². The SMILES string of the molecule is CC(C)(S)c1cccc2c1Cc1ccccc1-2. The van der Waals surface area contributed by atoms with Gasteiger partial charge in [0.15, 0.2) is 0 Å². The van der Waals surface area contributed by atoms with Gasteiger partial charge in [-0.2, -0.15) is 12.6 Å². The van der Waals surface area contributed by atoms with Gasteiger partial charge in [0.05, 0.1) is 0 Å². The number of hydrogen-bond acceptors (Lipinski definition) is 1. The summed E-state index contributed by atoms with van der Waals surface area (Å²) in [5, 5.41) is 0. The molecule has 0 atom stereocenters. The Bertz CT molecular complexity index is 576. The van der Waals surface area contributed by atoms with E-state index < -0.39 is 0 Å². The molecule has 1 aliphatic carbocycles. The Kier molecular flexibility index (Phi) is 2.34. The van der Waals surface area contributed by atoms with Crippen LogP contribution in [0, 0.1) is 0 Å². The van der Waals surface area contributed by atoms with Gasteiger partial charge in [-0.3, -0.25) is 0 Å². The van der Waals surface area contributed by atoms with E-state index in [-0.39, 0.29) is 4.75 Å². The van der Waals surface area contributed by atoms with Crippen molar-refractivity contribution in [1.29, 1.82) is 0 Å². The van der Waals surface area contributed by atoms with Crippen LogP contribution < -0.4 is 0 Å². The Hall–Kier alpha value is -1.21. The van der Waals surface area contributed by atoms with Crippen molar-refractivity contribution >= 4 is 12.6 Å². The molecule has 0 spiro atoms. The quantitative estimate of drug-likeness (QED) is 0.598. The lowest BCUT2D eigenvalue weighted by Gasteiger charge is -2.21. The number of hydrogen-bond donors (Lipinski definition) is 1. The highest BCUT2D eigenvalue weighted by Gasteiger charge is 2.25. The van der Waals surface area contributed by atoms with Crippen molar-refractivity contribution in [2.24, 2.45) is 0 Å². The lowest BCUT2D eigenvalue weighted by molar-refractivity contribution is 0.780.